The molecule has 7 heteroatoms. The lowest BCUT2D eigenvalue weighted by molar-refractivity contribution is -0.226. The summed E-state index contributed by atoms with van der Waals surface area (Å²) in [4.78, 5) is 0. The van der Waals surface area contributed by atoms with Crippen molar-refractivity contribution in [2.75, 3.05) is 12.0 Å². The number of aliphatic hydroxyl groups is 4. The van der Waals surface area contributed by atoms with Gasteiger partial charge in [-0.25, -0.2) is 0 Å². The highest BCUT2D eigenvalue weighted by molar-refractivity contribution is 5.60. The first-order chi connectivity index (χ1) is 10.1. The van der Waals surface area contributed by atoms with E-state index in [1.165, 1.54) is 6.21 Å². The molecule has 5 atom stereocenters. The van der Waals surface area contributed by atoms with E-state index in [-0.39, 0.29) is 6.42 Å². The van der Waals surface area contributed by atoms with Crippen LogP contribution in [0.5, 0.6) is 0 Å². The molecule has 0 radical (unpaired) electrons. The molecule has 0 bridgehead atoms. The Morgan fingerprint density at radius 3 is 2.38 bits per heavy atom. The van der Waals surface area contributed by atoms with Gasteiger partial charge in [0.1, 0.15) is 24.4 Å². The van der Waals surface area contributed by atoms with E-state index in [0.29, 0.717) is 0 Å². The number of anilines is 1. The van der Waals surface area contributed by atoms with Crippen molar-refractivity contribution in [3.63, 3.8) is 0 Å². The van der Waals surface area contributed by atoms with Crippen molar-refractivity contribution in [3.8, 4) is 0 Å². The summed E-state index contributed by atoms with van der Waals surface area (Å²) in [6.45, 7) is -0.430. The summed E-state index contributed by atoms with van der Waals surface area (Å²) >= 11 is 0. The molecule has 5 N–H and O–H groups in total. The van der Waals surface area contributed by atoms with Crippen LogP contribution >= 0.6 is 0 Å². The lowest BCUT2D eigenvalue weighted by Gasteiger charge is -2.39. The minimum Gasteiger partial charge on any atom is -0.394 e. The van der Waals surface area contributed by atoms with Gasteiger partial charge in [-0.05, 0) is 12.1 Å². The van der Waals surface area contributed by atoms with Crippen LogP contribution in [0.1, 0.15) is 6.42 Å². The highest BCUT2D eigenvalue weighted by Crippen LogP contribution is 2.22. The van der Waals surface area contributed by atoms with Gasteiger partial charge in [-0.1, -0.05) is 18.2 Å². The Bertz CT molecular complexity index is 454. The molecular weight excluding hydrogens is 276 g/mol. The Balaban J connectivity index is 1.87. The Kier molecular flexibility index (Phi) is 5.66. The number of hydrogen-bond acceptors (Lipinski definition) is 7. The molecule has 0 aliphatic carbocycles. The quantitative estimate of drug-likeness (QED) is 0.363. The van der Waals surface area contributed by atoms with Crippen LogP contribution in [0, 0.1) is 0 Å². The molecule has 2 rings (SSSR count). The zero-order valence-corrected chi connectivity index (χ0v) is 11.4. The third-order valence-corrected chi connectivity index (χ3v) is 3.39. The van der Waals surface area contributed by atoms with Crippen molar-refractivity contribution in [1.29, 1.82) is 0 Å². The molecule has 0 aromatic heterocycles. The van der Waals surface area contributed by atoms with Gasteiger partial charge in [-0.3, -0.25) is 5.43 Å². The molecule has 7 nitrogen and oxygen atoms in total. The van der Waals surface area contributed by atoms with E-state index >= 15 is 0 Å². The van der Waals surface area contributed by atoms with Crippen LogP contribution in [0.4, 0.5) is 5.69 Å². The van der Waals surface area contributed by atoms with E-state index in [2.05, 4.69) is 10.5 Å². The summed E-state index contributed by atoms with van der Waals surface area (Å²) < 4.78 is 5.35. The van der Waals surface area contributed by atoms with Crippen LogP contribution in [0.25, 0.3) is 0 Å². The summed E-state index contributed by atoms with van der Waals surface area (Å²) in [7, 11) is 0. The molecule has 116 valence electrons. The first kappa shape index (κ1) is 15.9. The van der Waals surface area contributed by atoms with Gasteiger partial charge in [0.25, 0.3) is 0 Å². The number of hydrogen-bond donors (Lipinski definition) is 5. The fourth-order valence-corrected chi connectivity index (χ4v) is 2.16. The minimum absolute atomic E-state index is 0.237. The number of nitrogens with zero attached hydrogens (tertiary/aromatic N) is 1. The molecule has 1 fully saturated rings. The molecule has 0 amide bonds. The van der Waals surface area contributed by atoms with Crippen LogP contribution in [0.2, 0.25) is 0 Å². The maximum absolute atomic E-state index is 9.84. The number of rotatable bonds is 5. The number of aliphatic hydroxyl groups excluding tert-OH is 4. The lowest BCUT2D eigenvalue weighted by Crippen LogP contribution is -2.58. The summed E-state index contributed by atoms with van der Waals surface area (Å²) in [5, 5.41) is 42.2. The van der Waals surface area contributed by atoms with Crippen molar-refractivity contribution < 1.29 is 25.2 Å². The third-order valence-electron chi connectivity index (χ3n) is 3.39. The second kappa shape index (κ2) is 7.48. The van der Waals surface area contributed by atoms with Gasteiger partial charge in [0.2, 0.25) is 0 Å². The maximum Gasteiger partial charge on any atom is 0.111 e. The van der Waals surface area contributed by atoms with E-state index in [4.69, 9.17) is 9.84 Å². The summed E-state index contributed by atoms with van der Waals surface area (Å²) in [5.41, 5.74) is 3.64. The number of para-hydroxylation sites is 1. The van der Waals surface area contributed by atoms with Crippen LogP contribution in [-0.2, 0) is 4.74 Å². The summed E-state index contributed by atoms with van der Waals surface area (Å²) in [6, 6.07) is 9.34. The van der Waals surface area contributed by atoms with Gasteiger partial charge in [0, 0.05) is 12.6 Å². The monoisotopic (exact) mass is 296 g/mol. The molecule has 1 heterocycles. The molecular formula is C14H20N2O5. The molecule has 0 unspecified atom stereocenters. The smallest absolute Gasteiger partial charge is 0.111 e. The number of benzene rings is 1. The van der Waals surface area contributed by atoms with Gasteiger partial charge >= 0.3 is 0 Å². The Morgan fingerprint density at radius 1 is 1.05 bits per heavy atom. The lowest BCUT2D eigenvalue weighted by atomic mass is 9.94. The standard InChI is InChI=1S/C14H20N2O5/c17-8-11-13(19)14(20)12(18)10(21-11)6-7-15-16-9-4-2-1-3-5-9/h1-5,7,10-14,16-20H,6,8H2/b15-7+/t10-,11+,12-,13-,14+/m0/s1. The third kappa shape index (κ3) is 3.99. The molecule has 1 aromatic carbocycles. The largest absolute Gasteiger partial charge is 0.394 e. The second-order valence-electron chi connectivity index (χ2n) is 4.89. The zero-order valence-electron chi connectivity index (χ0n) is 11.4. The van der Waals surface area contributed by atoms with Crippen LogP contribution in [0.15, 0.2) is 35.4 Å². The highest BCUT2D eigenvalue weighted by atomic mass is 16.5. The van der Waals surface area contributed by atoms with E-state index in [0.717, 1.165) is 5.69 Å². The van der Waals surface area contributed by atoms with Crippen molar-refractivity contribution in [1.82, 2.24) is 0 Å². The van der Waals surface area contributed by atoms with E-state index in [1.807, 2.05) is 30.3 Å². The minimum atomic E-state index is -1.35. The molecule has 1 aliphatic heterocycles. The highest BCUT2D eigenvalue weighted by Gasteiger charge is 2.42. The van der Waals surface area contributed by atoms with Gasteiger partial charge in [-0.2, -0.15) is 5.10 Å². The maximum atomic E-state index is 9.84. The number of hydrazone groups is 1. The average Bonchev–Trinajstić information content (AvgIpc) is 2.52. The first-order valence-corrected chi connectivity index (χ1v) is 6.76. The molecule has 1 aliphatic rings. The predicted octanol–water partition coefficient (Wildman–Crippen LogP) is -0.683. The Labute approximate surface area is 122 Å². The first-order valence-electron chi connectivity index (χ1n) is 6.76. The second-order valence-corrected chi connectivity index (χ2v) is 4.89. The molecule has 0 saturated carbocycles. The zero-order chi connectivity index (χ0) is 15.2. The van der Waals surface area contributed by atoms with Crippen molar-refractivity contribution in [2.24, 2.45) is 5.10 Å². The van der Waals surface area contributed by atoms with E-state index in [9.17, 15) is 15.3 Å². The Morgan fingerprint density at radius 2 is 1.71 bits per heavy atom. The number of ether oxygens (including phenoxy) is 1. The van der Waals surface area contributed by atoms with Crippen LogP contribution in [-0.4, -0.2) is 63.8 Å². The molecule has 21 heavy (non-hydrogen) atoms. The van der Waals surface area contributed by atoms with Crippen LogP contribution < -0.4 is 5.43 Å². The van der Waals surface area contributed by atoms with Gasteiger partial charge in [-0.15, -0.1) is 0 Å². The normalized spacial score (nSPS) is 33.2. The van der Waals surface area contributed by atoms with Crippen molar-refractivity contribution in [3.05, 3.63) is 30.3 Å². The van der Waals surface area contributed by atoms with Crippen molar-refractivity contribution >= 4 is 11.9 Å². The topological polar surface area (TPSA) is 115 Å². The van der Waals surface area contributed by atoms with E-state index < -0.39 is 37.1 Å². The SMILES string of the molecule is OC[C@H]1O[C@@H](C/C=N/Nc2ccccc2)[C@H](O)[C@@H](O)[C@H]1O. The summed E-state index contributed by atoms with van der Waals surface area (Å²) in [6.07, 6.45) is -3.78. The predicted molar refractivity (Wildman–Crippen MR) is 76.9 cm³/mol. The van der Waals surface area contributed by atoms with Gasteiger partial charge < -0.3 is 25.2 Å². The molecule has 1 saturated heterocycles. The fourth-order valence-electron chi connectivity index (χ4n) is 2.16. The van der Waals surface area contributed by atoms with Crippen molar-refractivity contribution in [2.45, 2.75) is 36.9 Å². The molecule has 0 spiro atoms. The van der Waals surface area contributed by atoms with Gasteiger partial charge in [0.15, 0.2) is 0 Å². The van der Waals surface area contributed by atoms with E-state index in [1.54, 1.807) is 0 Å². The fraction of sp³-hybridized carbons (Fsp3) is 0.500. The van der Waals surface area contributed by atoms with Crippen LogP contribution in [0.3, 0.4) is 0 Å². The average molecular weight is 296 g/mol. The van der Waals surface area contributed by atoms with Gasteiger partial charge in [0.05, 0.1) is 18.4 Å². The number of nitrogens with one attached hydrogen (secondary N) is 1. The summed E-state index contributed by atoms with van der Waals surface area (Å²) in [5.74, 6) is 0. The Hall–Kier alpha value is -1.51. The molecule has 1 aromatic rings.